The summed E-state index contributed by atoms with van der Waals surface area (Å²) in [5.41, 5.74) is 8.56. The first-order valence-electron chi connectivity index (χ1n) is 6.40. The zero-order valence-electron chi connectivity index (χ0n) is 10.6. The highest BCUT2D eigenvalue weighted by molar-refractivity contribution is 5.98. The molecule has 1 aromatic heterocycles. The van der Waals surface area contributed by atoms with Crippen molar-refractivity contribution in [2.24, 2.45) is 0 Å². The summed E-state index contributed by atoms with van der Waals surface area (Å²) in [6.07, 6.45) is 2.27. The van der Waals surface area contributed by atoms with Crippen molar-refractivity contribution in [1.82, 2.24) is 10.3 Å². The quantitative estimate of drug-likeness (QED) is 0.751. The van der Waals surface area contributed by atoms with Crippen LogP contribution in [0.15, 0.2) is 30.5 Å². The van der Waals surface area contributed by atoms with Crippen LogP contribution in [0.1, 0.15) is 6.42 Å². The lowest BCUT2D eigenvalue weighted by Crippen LogP contribution is -2.28. The van der Waals surface area contributed by atoms with Crippen molar-refractivity contribution in [3.05, 3.63) is 30.5 Å². The van der Waals surface area contributed by atoms with Gasteiger partial charge in [0.05, 0.1) is 11.2 Å². The Morgan fingerprint density at radius 2 is 2.16 bits per heavy atom. The predicted octanol–water partition coefficient (Wildman–Crippen LogP) is 1.14. The molecule has 5 heteroatoms. The van der Waals surface area contributed by atoms with Gasteiger partial charge in [-0.2, -0.15) is 0 Å². The van der Waals surface area contributed by atoms with Crippen LogP contribution in [0.5, 0.6) is 0 Å². The molecule has 1 saturated heterocycles. The smallest absolute Gasteiger partial charge is 0.221 e. The third-order valence-corrected chi connectivity index (χ3v) is 3.43. The second-order valence-corrected chi connectivity index (χ2v) is 4.66. The van der Waals surface area contributed by atoms with E-state index < -0.39 is 0 Å². The molecule has 0 aliphatic carbocycles. The van der Waals surface area contributed by atoms with Crippen molar-refractivity contribution in [3.8, 4) is 0 Å². The summed E-state index contributed by atoms with van der Waals surface area (Å²) in [5, 5.41) is 3.92. The molecule has 2 heterocycles. The first kappa shape index (κ1) is 11.8. The number of carbonyl (C=O) groups excluding carboxylic acids is 1. The van der Waals surface area contributed by atoms with Crippen molar-refractivity contribution >= 4 is 28.2 Å². The minimum absolute atomic E-state index is 0.111. The molecule has 0 radical (unpaired) electrons. The SMILES string of the molecule is Nc1ccc(N2CCNC(=O)CC2)c2cccnc12. The molecule has 5 nitrogen and oxygen atoms in total. The zero-order chi connectivity index (χ0) is 13.2. The first-order chi connectivity index (χ1) is 9.25. The minimum Gasteiger partial charge on any atom is -0.397 e. The molecule has 2 aromatic rings. The number of pyridine rings is 1. The number of nitrogen functional groups attached to an aromatic ring is 1. The molecule has 1 aliphatic rings. The third-order valence-electron chi connectivity index (χ3n) is 3.43. The number of carbonyl (C=O) groups is 1. The number of hydrogen-bond acceptors (Lipinski definition) is 4. The van der Waals surface area contributed by atoms with Gasteiger partial charge in [-0.25, -0.2) is 0 Å². The standard InChI is InChI=1S/C14H16N4O/c15-11-3-4-12(10-2-1-6-17-14(10)11)18-8-5-13(19)16-7-9-18/h1-4,6H,5,7-9,15H2,(H,16,19). The van der Waals surface area contributed by atoms with Crippen LogP contribution in [0.3, 0.4) is 0 Å². The number of nitrogens with zero attached hydrogens (tertiary/aromatic N) is 2. The summed E-state index contributed by atoms with van der Waals surface area (Å²) in [7, 11) is 0. The summed E-state index contributed by atoms with van der Waals surface area (Å²) in [6.45, 7) is 2.20. The second-order valence-electron chi connectivity index (χ2n) is 4.66. The molecule has 19 heavy (non-hydrogen) atoms. The highest BCUT2D eigenvalue weighted by Gasteiger charge is 2.16. The highest BCUT2D eigenvalue weighted by Crippen LogP contribution is 2.29. The number of aromatic nitrogens is 1. The van der Waals surface area contributed by atoms with Gasteiger partial charge in [-0.3, -0.25) is 9.78 Å². The van der Waals surface area contributed by atoms with E-state index in [4.69, 9.17) is 5.73 Å². The molecule has 0 saturated carbocycles. The number of benzene rings is 1. The molecule has 1 amide bonds. The predicted molar refractivity (Wildman–Crippen MR) is 76.0 cm³/mol. The van der Waals surface area contributed by atoms with E-state index in [9.17, 15) is 4.79 Å². The Morgan fingerprint density at radius 3 is 3.05 bits per heavy atom. The van der Waals surface area contributed by atoms with Gasteiger partial charge in [0.25, 0.3) is 0 Å². The minimum atomic E-state index is 0.111. The molecule has 0 atom stereocenters. The largest absolute Gasteiger partial charge is 0.397 e. The van der Waals surface area contributed by atoms with E-state index in [0.29, 0.717) is 18.7 Å². The van der Waals surface area contributed by atoms with Gasteiger partial charge in [0.15, 0.2) is 0 Å². The summed E-state index contributed by atoms with van der Waals surface area (Å²) in [4.78, 5) is 18.0. The van der Waals surface area contributed by atoms with E-state index in [1.54, 1.807) is 6.20 Å². The number of hydrogen-bond donors (Lipinski definition) is 2. The fourth-order valence-corrected chi connectivity index (χ4v) is 2.46. The average Bonchev–Trinajstić information content (AvgIpc) is 2.65. The van der Waals surface area contributed by atoms with E-state index in [1.165, 1.54) is 0 Å². The Bertz CT molecular complexity index is 626. The van der Waals surface area contributed by atoms with Crippen LogP contribution in [0.2, 0.25) is 0 Å². The van der Waals surface area contributed by atoms with Gasteiger partial charge in [-0.1, -0.05) is 0 Å². The normalized spacial score (nSPS) is 16.2. The van der Waals surface area contributed by atoms with Gasteiger partial charge in [-0.15, -0.1) is 0 Å². The van der Waals surface area contributed by atoms with Crippen molar-refractivity contribution in [1.29, 1.82) is 0 Å². The van der Waals surface area contributed by atoms with E-state index >= 15 is 0 Å². The number of anilines is 2. The summed E-state index contributed by atoms with van der Waals surface area (Å²) in [5.74, 6) is 0.111. The zero-order valence-corrected chi connectivity index (χ0v) is 10.6. The fourth-order valence-electron chi connectivity index (χ4n) is 2.46. The topological polar surface area (TPSA) is 71.2 Å². The molecule has 1 aliphatic heterocycles. The molecule has 98 valence electrons. The average molecular weight is 256 g/mol. The van der Waals surface area contributed by atoms with Gasteiger partial charge >= 0.3 is 0 Å². The summed E-state index contributed by atoms with van der Waals surface area (Å²) < 4.78 is 0. The van der Waals surface area contributed by atoms with E-state index in [2.05, 4.69) is 15.2 Å². The highest BCUT2D eigenvalue weighted by atomic mass is 16.1. The van der Waals surface area contributed by atoms with E-state index in [1.807, 2.05) is 24.3 Å². The summed E-state index contributed by atoms with van der Waals surface area (Å²) >= 11 is 0. The number of amides is 1. The fraction of sp³-hybridized carbons (Fsp3) is 0.286. The van der Waals surface area contributed by atoms with Crippen LogP contribution < -0.4 is 16.0 Å². The lowest BCUT2D eigenvalue weighted by molar-refractivity contribution is -0.120. The number of fused-ring (bicyclic) bond motifs is 1. The van der Waals surface area contributed by atoms with Crippen LogP contribution >= 0.6 is 0 Å². The maximum Gasteiger partial charge on any atom is 0.221 e. The summed E-state index contributed by atoms with van der Waals surface area (Å²) in [6, 6.07) is 7.82. The van der Waals surface area contributed by atoms with Gasteiger partial charge < -0.3 is 16.0 Å². The Labute approximate surface area is 111 Å². The molecule has 1 aromatic carbocycles. The molecular formula is C14H16N4O. The monoisotopic (exact) mass is 256 g/mol. The Morgan fingerprint density at radius 1 is 1.26 bits per heavy atom. The van der Waals surface area contributed by atoms with Crippen molar-refractivity contribution in [3.63, 3.8) is 0 Å². The van der Waals surface area contributed by atoms with Crippen molar-refractivity contribution < 1.29 is 4.79 Å². The molecule has 0 bridgehead atoms. The van der Waals surface area contributed by atoms with Crippen LogP contribution in [0.4, 0.5) is 11.4 Å². The van der Waals surface area contributed by atoms with Crippen molar-refractivity contribution in [2.45, 2.75) is 6.42 Å². The number of rotatable bonds is 1. The van der Waals surface area contributed by atoms with Gasteiger partial charge in [-0.05, 0) is 24.3 Å². The number of nitrogens with one attached hydrogen (secondary N) is 1. The lowest BCUT2D eigenvalue weighted by atomic mass is 10.1. The third kappa shape index (κ3) is 2.19. The van der Waals surface area contributed by atoms with Crippen LogP contribution in [0, 0.1) is 0 Å². The van der Waals surface area contributed by atoms with Gasteiger partial charge in [0.2, 0.25) is 5.91 Å². The first-order valence-corrected chi connectivity index (χ1v) is 6.40. The molecule has 3 rings (SSSR count). The molecule has 1 fully saturated rings. The molecule has 0 spiro atoms. The molecule has 0 unspecified atom stereocenters. The maximum atomic E-state index is 11.4. The van der Waals surface area contributed by atoms with E-state index in [-0.39, 0.29) is 5.91 Å². The van der Waals surface area contributed by atoms with E-state index in [0.717, 1.165) is 29.7 Å². The number of nitrogens with two attached hydrogens (primary N) is 1. The second kappa shape index (κ2) is 4.76. The molecule has 3 N–H and O–H groups in total. The van der Waals surface area contributed by atoms with Crippen molar-refractivity contribution in [2.75, 3.05) is 30.3 Å². The van der Waals surface area contributed by atoms with Crippen LogP contribution in [0.25, 0.3) is 10.9 Å². The van der Waals surface area contributed by atoms with Gasteiger partial charge in [0.1, 0.15) is 0 Å². The Hall–Kier alpha value is -2.30. The Kier molecular flexibility index (Phi) is 2.95. The lowest BCUT2D eigenvalue weighted by Gasteiger charge is -2.23. The van der Waals surface area contributed by atoms with Crippen LogP contribution in [-0.2, 0) is 4.79 Å². The maximum absolute atomic E-state index is 11.4. The van der Waals surface area contributed by atoms with Gasteiger partial charge in [0, 0.05) is 43.3 Å². The van der Waals surface area contributed by atoms with Crippen LogP contribution in [-0.4, -0.2) is 30.5 Å². The molecular weight excluding hydrogens is 240 g/mol. The Balaban J connectivity index is 2.05.